The Labute approximate surface area is 132 Å². The summed E-state index contributed by atoms with van der Waals surface area (Å²) in [5.74, 6) is 2.89. The van der Waals surface area contributed by atoms with Crippen LogP contribution in [-0.2, 0) is 0 Å². The van der Waals surface area contributed by atoms with Crippen LogP contribution in [0.4, 0.5) is 10.1 Å². The zero-order chi connectivity index (χ0) is 16.2. The number of nitrogens with zero attached hydrogens (tertiary/aromatic N) is 1. The monoisotopic (exact) mass is 309 g/mol. The third-order valence-electron chi connectivity index (χ3n) is 2.93. The largest absolute Gasteiger partial charge is 0.239 e. The third kappa shape index (κ3) is 4.98. The topological polar surface area (TPSA) is 12.4 Å². The number of aliphatic imine (C=N–C) groups is 1. The summed E-state index contributed by atoms with van der Waals surface area (Å²) in [7, 11) is -1.53. The zero-order valence-electron chi connectivity index (χ0n) is 13.4. The number of aryl methyl sites for hydroxylation is 1. The molecule has 22 heavy (non-hydrogen) atoms. The number of hydrogen-bond acceptors (Lipinski definition) is 1. The molecule has 0 aromatic heterocycles. The smallest absolute Gasteiger partial charge is 0.129 e. The lowest BCUT2D eigenvalue weighted by atomic mass is 10.1. The highest BCUT2D eigenvalue weighted by Gasteiger charge is 2.09. The highest BCUT2D eigenvalue weighted by atomic mass is 28.3. The fourth-order valence-electron chi connectivity index (χ4n) is 1.80. The van der Waals surface area contributed by atoms with Crippen LogP contribution in [0.2, 0.25) is 19.6 Å². The van der Waals surface area contributed by atoms with E-state index in [-0.39, 0.29) is 5.82 Å². The number of hydrogen-bond donors (Lipinski definition) is 0. The Bertz CT molecular complexity index is 743. The van der Waals surface area contributed by atoms with Crippen molar-refractivity contribution in [2.24, 2.45) is 4.99 Å². The van der Waals surface area contributed by atoms with Crippen LogP contribution in [0.25, 0.3) is 0 Å². The van der Waals surface area contributed by atoms with E-state index >= 15 is 0 Å². The van der Waals surface area contributed by atoms with Crippen molar-refractivity contribution in [3.05, 3.63) is 65.5 Å². The first-order valence-electron chi connectivity index (χ1n) is 7.28. The molecule has 0 N–H and O–H groups in total. The molecule has 0 aliphatic rings. The highest BCUT2D eigenvalue weighted by Crippen LogP contribution is 2.15. The predicted molar refractivity (Wildman–Crippen MR) is 94.9 cm³/mol. The van der Waals surface area contributed by atoms with Gasteiger partial charge in [0.15, 0.2) is 0 Å². The fourth-order valence-corrected chi connectivity index (χ4v) is 2.29. The highest BCUT2D eigenvalue weighted by molar-refractivity contribution is 6.84. The number of rotatable bonds is 2. The van der Waals surface area contributed by atoms with Crippen LogP contribution in [0, 0.1) is 24.2 Å². The molecule has 0 amide bonds. The normalized spacial score (nSPS) is 11.8. The first-order valence-corrected chi connectivity index (χ1v) is 10.8. The molecule has 3 heteroatoms. The molecule has 0 aliphatic carbocycles. The summed E-state index contributed by atoms with van der Waals surface area (Å²) in [6, 6.07) is 14.4. The molecule has 0 saturated heterocycles. The molecule has 0 bridgehead atoms. The van der Waals surface area contributed by atoms with Gasteiger partial charge in [0.2, 0.25) is 0 Å². The van der Waals surface area contributed by atoms with Crippen molar-refractivity contribution < 1.29 is 4.39 Å². The molecule has 0 radical (unpaired) electrons. The molecule has 112 valence electrons. The molecule has 0 saturated carbocycles. The van der Waals surface area contributed by atoms with Crippen LogP contribution >= 0.6 is 0 Å². The summed E-state index contributed by atoms with van der Waals surface area (Å²) < 4.78 is 13.5. The predicted octanol–water partition coefficient (Wildman–Crippen LogP) is 5.14. The van der Waals surface area contributed by atoms with Crippen molar-refractivity contribution in [1.29, 1.82) is 0 Å². The second-order valence-electron chi connectivity index (χ2n) is 6.31. The molecule has 1 nitrogen and oxygen atoms in total. The van der Waals surface area contributed by atoms with Gasteiger partial charge in [-0.1, -0.05) is 55.4 Å². The van der Waals surface area contributed by atoms with Gasteiger partial charge in [-0.25, -0.2) is 9.38 Å². The minimum absolute atomic E-state index is 0.274. The average molecular weight is 309 g/mol. The molecular weight excluding hydrogens is 289 g/mol. The van der Waals surface area contributed by atoms with Gasteiger partial charge in [-0.2, -0.15) is 0 Å². The lowest BCUT2D eigenvalue weighted by molar-refractivity contribution is 0.627. The van der Waals surface area contributed by atoms with Crippen molar-refractivity contribution in [1.82, 2.24) is 0 Å². The SMILES string of the molecule is Cc1ccc(N=C(C#C[Si](C)(C)C)c2cccc(F)c2)cc1. The van der Waals surface area contributed by atoms with E-state index < -0.39 is 8.07 Å². The maximum Gasteiger partial charge on any atom is 0.129 e. The van der Waals surface area contributed by atoms with Crippen LogP contribution < -0.4 is 0 Å². The minimum Gasteiger partial charge on any atom is -0.239 e. The van der Waals surface area contributed by atoms with E-state index in [9.17, 15) is 4.39 Å². The summed E-state index contributed by atoms with van der Waals surface area (Å²) in [6.07, 6.45) is 0. The maximum absolute atomic E-state index is 13.5. The molecule has 2 aromatic carbocycles. The van der Waals surface area contributed by atoms with E-state index in [0.29, 0.717) is 11.3 Å². The Kier molecular flexibility index (Phi) is 4.94. The van der Waals surface area contributed by atoms with Gasteiger partial charge in [0, 0.05) is 5.56 Å². The Balaban J connectivity index is 2.49. The molecule has 2 rings (SSSR count). The van der Waals surface area contributed by atoms with Crippen molar-refractivity contribution in [3.63, 3.8) is 0 Å². The first-order chi connectivity index (χ1) is 10.3. The van der Waals surface area contributed by atoms with E-state index in [1.54, 1.807) is 6.07 Å². The van der Waals surface area contributed by atoms with Gasteiger partial charge in [0.25, 0.3) is 0 Å². The van der Waals surface area contributed by atoms with Gasteiger partial charge >= 0.3 is 0 Å². The summed E-state index contributed by atoms with van der Waals surface area (Å²) in [6.45, 7) is 8.56. The summed E-state index contributed by atoms with van der Waals surface area (Å²) >= 11 is 0. The van der Waals surface area contributed by atoms with Gasteiger partial charge in [-0.3, -0.25) is 0 Å². The Morgan fingerprint density at radius 2 is 1.73 bits per heavy atom. The zero-order valence-corrected chi connectivity index (χ0v) is 14.4. The lowest BCUT2D eigenvalue weighted by Crippen LogP contribution is -2.17. The van der Waals surface area contributed by atoms with Crippen molar-refractivity contribution >= 4 is 19.5 Å². The van der Waals surface area contributed by atoms with Crippen LogP contribution in [-0.4, -0.2) is 13.8 Å². The summed E-state index contributed by atoms with van der Waals surface area (Å²) in [5, 5.41) is 0. The van der Waals surface area contributed by atoms with Crippen LogP contribution in [0.1, 0.15) is 11.1 Å². The molecular formula is C19H20FNSi. The van der Waals surface area contributed by atoms with Gasteiger partial charge in [0.1, 0.15) is 19.6 Å². The Morgan fingerprint density at radius 3 is 2.32 bits per heavy atom. The lowest BCUT2D eigenvalue weighted by Gasteiger charge is -2.05. The summed E-state index contributed by atoms with van der Waals surface area (Å²) in [4.78, 5) is 4.61. The minimum atomic E-state index is -1.53. The molecule has 2 aromatic rings. The first kappa shape index (κ1) is 16.2. The maximum atomic E-state index is 13.5. The van der Waals surface area contributed by atoms with E-state index in [0.717, 1.165) is 5.69 Å². The second kappa shape index (κ2) is 6.72. The van der Waals surface area contributed by atoms with E-state index in [4.69, 9.17) is 0 Å². The van der Waals surface area contributed by atoms with E-state index in [2.05, 4.69) is 36.1 Å². The van der Waals surface area contributed by atoms with Gasteiger partial charge in [-0.05, 0) is 31.2 Å². The molecule has 0 spiro atoms. The van der Waals surface area contributed by atoms with Crippen LogP contribution in [0.3, 0.4) is 0 Å². The third-order valence-corrected chi connectivity index (χ3v) is 3.80. The van der Waals surface area contributed by atoms with Crippen LogP contribution in [0.5, 0.6) is 0 Å². The average Bonchev–Trinajstić information content (AvgIpc) is 2.44. The Morgan fingerprint density at radius 1 is 1.05 bits per heavy atom. The van der Waals surface area contributed by atoms with Gasteiger partial charge in [-0.15, -0.1) is 5.54 Å². The van der Waals surface area contributed by atoms with Crippen molar-refractivity contribution in [2.75, 3.05) is 0 Å². The van der Waals surface area contributed by atoms with Crippen LogP contribution in [0.15, 0.2) is 53.5 Å². The standard InChI is InChI=1S/C19H20FNSi/c1-15-8-10-18(11-9-15)21-19(12-13-22(2,3)4)16-6-5-7-17(20)14-16/h5-11,14H,1-4H3. The fraction of sp³-hybridized carbons (Fsp3) is 0.211. The Hall–Kier alpha value is -2.18. The molecule has 0 fully saturated rings. The van der Waals surface area contributed by atoms with Crippen molar-refractivity contribution in [3.8, 4) is 11.5 Å². The molecule has 0 aliphatic heterocycles. The molecule has 0 atom stereocenters. The molecule has 0 unspecified atom stereocenters. The quantitative estimate of drug-likeness (QED) is 0.414. The number of benzene rings is 2. The van der Waals surface area contributed by atoms with Gasteiger partial charge in [0.05, 0.1) is 5.69 Å². The summed E-state index contributed by atoms with van der Waals surface area (Å²) in [5.41, 5.74) is 6.65. The van der Waals surface area contributed by atoms with Gasteiger partial charge < -0.3 is 0 Å². The molecule has 0 heterocycles. The van der Waals surface area contributed by atoms with E-state index in [1.807, 2.05) is 37.3 Å². The second-order valence-corrected chi connectivity index (χ2v) is 11.1. The van der Waals surface area contributed by atoms with Crippen molar-refractivity contribution in [2.45, 2.75) is 26.6 Å². The number of halogens is 1. The van der Waals surface area contributed by atoms with E-state index in [1.165, 1.54) is 17.7 Å².